The quantitative estimate of drug-likeness (QED) is 0.714. The van der Waals surface area contributed by atoms with Crippen LogP contribution in [-0.4, -0.2) is 29.8 Å². The van der Waals surface area contributed by atoms with E-state index in [0.29, 0.717) is 34.3 Å². The van der Waals surface area contributed by atoms with E-state index in [9.17, 15) is 9.59 Å². The minimum Gasteiger partial charge on any atom is -0.399 e. The lowest BCUT2D eigenvalue weighted by atomic mass is 9.91. The van der Waals surface area contributed by atoms with Crippen molar-refractivity contribution in [1.29, 1.82) is 0 Å². The molecule has 0 spiro atoms. The van der Waals surface area contributed by atoms with Crippen LogP contribution in [0.25, 0.3) is 0 Å². The Kier molecular flexibility index (Phi) is 7.31. The number of carbonyl (C=O) groups excluding carboxylic acids is 2. The maximum Gasteiger partial charge on any atom is 0.256 e. The Morgan fingerprint density at radius 1 is 1.00 bits per heavy atom. The van der Waals surface area contributed by atoms with Crippen molar-refractivity contribution in [2.45, 2.75) is 34.1 Å². The highest BCUT2D eigenvalue weighted by Gasteiger charge is 2.26. The van der Waals surface area contributed by atoms with E-state index in [-0.39, 0.29) is 24.2 Å². The number of hydrogen-bond acceptors (Lipinski definition) is 3. The molecule has 1 aliphatic heterocycles. The van der Waals surface area contributed by atoms with Crippen LogP contribution in [-0.2, 0) is 0 Å². The molecule has 29 heavy (non-hydrogen) atoms. The number of amides is 2. The van der Waals surface area contributed by atoms with Gasteiger partial charge in [0.15, 0.2) is 0 Å². The normalized spacial score (nSPS) is 18.7. The minimum atomic E-state index is -0.224. The molecular weight excluding hydrogens is 386 g/mol. The fourth-order valence-electron chi connectivity index (χ4n) is 3.97. The molecule has 3 N–H and O–H groups in total. The highest BCUT2D eigenvalue weighted by atomic mass is 35.5. The minimum absolute atomic E-state index is 0. The number of anilines is 2. The Morgan fingerprint density at radius 3 is 2.28 bits per heavy atom. The fourth-order valence-corrected chi connectivity index (χ4v) is 3.97. The van der Waals surface area contributed by atoms with Crippen LogP contribution in [0.1, 0.15) is 52.1 Å². The molecule has 0 bridgehead atoms. The summed E-state index contributed by atoms with van der Waals surface area (Å²) in [7, 11) is 0. The first kappa shape index (κ1) is 22.8. The van der Waals surface area contributed by atoms with E-state index in [1.54, 1.807) is 18.2 Å². The van der Waals surface area contributed by atoms with E-state index in [0.717, 1.165) is 30.6 Å². The van der Waals surface area contributed by atoms with Gasteiger partial charge in [0.05, 0.1) is 0 Å². The fraction of sp³-hybridized carbons (Fsp3) is 0.391. The van der Waals surface area contributed by atoms with Gasteiger partial charge in [-0.3, -0.25) is 9.59 Å². The van der Waals surface area contributed by atoms with Crippen molar-refractivity contribution in [3.8, 4) is 0 Å². The van der Waals surface area contributed by atoms with Crippen molar-refractivity contribution in [1.82, 2.24) is 4.90 Å². The summed E-state index contributed by atoms with van der Waals surface area (Å²) in [5, 5.41) is 2.95. The number of nitrogens with two attached hydrogens (primary N) is 1. The maximum atomic E-state index is 13.0. The molecule has 0 saturated carbocycles. The van der Waals surface area contributed by atoms with E-state index in [4.69, 9.17) is 5.73 Å². The van der Waals surface area contributed by atoms with Crippen molar-refractivity contribution < 1.29 is 9.59 Å². The largest absolute Gasteiger partial charge is 0.399 e. The number of rotatable bonds is 3. The van der Waals surface area contributed by atoms with Crippen LogP contribution in [0.3, 0.4) is 0 Å². The number of likely N-dealkylation sites (tertiary alicyclic amines) is 1. The van der Waals surface area contributed by atoms with Gasteiger partial charge in [0.25, 0.3) is 11.8 Å². The number of nitrogen functional groups attached to an aromatic ring is 1. The molecule has 5 nitrogen and oxygen atoms in total. The Balaban J connectivity index is 0.00000300. The van der Waals surface area contributed by atoms with Crippen LogP contribution in [0.2, 0.25) is 0 Å². The number of nitrogens with one attached hydrogen (secondary N) is 1. The smallest absolute Gasteiger partial charge is 0.256 e. The van der Waals surface area contributed by atoms with Crippen molar-refractivity contribution in [3.05, 3.63) is 58.7 Å². The highest BCUT2D eigenvalue weighted by molar-refractivity contribution is 6.07. The first-order chi connectivity index (χ1) is 13.2. The first-order valence-electron chi connectivity index (χ1n) is 9.82. The summed E-state index contributed by atoms with van der Waals surface area (Å²) >= 11 is 0. The summed E-state index contributed by atoms with van der Waals surface area (Å²) in [6.07, 6.45) is 1.15. The van der Waals surface area contributed by atoms with Crippen molar-refractivity contribution in [2.75, 3.05) is 24.1 Å². The van der Waals surface area contributed by atoms with Crippen LogP contribution >= 0.6 is 12.4 Å². The van der Waals surface area contributed by atoms with E-state index in [1.165, 1.54) is 0 Å². The lowest BCUT2D eigenvalue weighted by Gasteiger charge is -2.35. The van der Waals surface area contributed by atoms with Gasteiger partial charge >= 0.3 is 0 Å². The number of carbonyl (C=O) groups is 2. The average Bonchev–Trinajstić information content (AvgIpc) is 2.64. The molecule has 2 aromatic rings. The predicted molar refractivity (Wildman–Crippen MR) is 121 cm³/mol. The molecule has 0 aliphatic carbocycles. The zero-order valence-electron chi connectivity index (χ0n) is 17.5. The number of halogens is 1. The lowest BCUT2D eigenvalue weighted by Crippen LogP contribution is -2.42. The number of nitrogens with zero attached hydrogens (tertiary/aromatic N) is 1. The standard InChI is InChI=1S/C23H29N3O2.ClH/c1-14-9-15(2)13-26(12-14)23(28)18-7-5-17(4)21(10-18)25-22(27)20-11-19(24)8-6-16(20)3;/h5-8,10-11,14-15H,9,12-13,24H2,1-4H3,(H,25,27);1H. The van der Waals surface area contributed by atoms with E-state index < -0.39 is 0 Å². The molecule has 1 fully saturated rings. The van der Waals surface area contributed by atoms with Crippen LogP contribution in [0.15, 0.2) is 36.4 Å². The third kappa shape index (κ3) is 5.30. The molecule has 6 heteroatoms. The molecule has 156 valence electrons. The maximum absolute atomic E-state index is 13.0. The zero-order chi connectivity index (χ0) is 20.4. The van der Waals surface area contributed by atoms with Crippen molar-refractivity contribution >= 4 is 35.6 Å². The monoisotopic (exact) mass is 415 g/mol. The summed E-state index contributed by atoms with van der Waals surface area (Å²) in [5.41, 5.74) is 9.93. The number of hydrogen-bond donors (Lipinski definition) is 2. The molecule has 1 aliphatic rings. The molecule has 0 radical (unpaired) electrons. The average molecular weight is 416 g/mol. The van der Waals surface area contributed by atoms with Crippen LogP contribution < -0.4 is 11.1 Å². The van der Waals surface area contributed by atoms with E-state index >= 15 is 0 Å². The van der Waals surface area contributed by atoms with Gasteiger partial charge in [-0.05, 0) is 67.5 Å². The number of aryl methyl sites for hydroxylation is 2. The second-order valence-electron chi connectivity index (χ2n) is 8.21. The molecule has 1 saturated heterocycles. The number of benzene rings is 2. The van der Waals surface area contributed by atoms with Gasteiger partial charge in [-0.2, -0.15) is 0 Å². The molecule has 1 heterocycles. The van der Waals surface area contributed by atoms with E-state index in [1.807, 2.05) is 36.9 Å². The molecule has 2 aromatic carbocycles. The summed E-state index contributed by atoms with van der Waals surface area (Å²) < 4.78 is 0. The third-order valence-electron chi connectivity index (χ3n) is 5.40. The Hall–Kier alpha value is -2.53. The second kappa shape index (κ2) is 9.31. The van der Waals surface area contributed by atoms with Gasteiger partial charge in [-0.15, -0.1) is 12.4 Å². The van der Waals surface area contributed by atoms with E-state index in [2.05, 4.69) is 19.2 Å². The molecular formula is C23H30ClN3O2. The van der Waals surface area contributed by atoms with Crippen LogP contribution in [0.4, 0.5) is 11.4 Å². The Morgan fingerprint density at radius 2 is 1.62 bits per heavy atom. The topological polar surface area (TPSA) is 75.4 Å². The summed E-state index contributed by atoms with van der Waals surface area (Å²) in [5.74, 6) is 0.805. The highest BCUT2D eigenvalue weighted by Crippen LogP contribution is 2.25. The Labute approximate surface area is 179 Å². The molecule has 0 aromatic heterocycles. The van der Waals surface area contributed by atoms with Gasteiger partial charge < -0.3 is 16.0 Å². The predicted octanol–water partition coefficient (Wildman–Crippen LogP) is 4.68. The van der Waals surface area contributed by atoms with Crippen LogP contribution in [0.5, 0.6) is 0 Å². The Bertz CT molecular complexity index is 903. The summed E-state index contributed by atoms with van der Waals surface area (Å²) in [4.78, 5) is 27.7. The van der Waals surface area contributed by atoms with Gasteiger partial charge in [0.2, 0.25) is 0 Å². The van der Waals surface area contributed by atoms with Gasteiger partial charge in [0, 0.05) is 35.6 Å². The van der Waals surface area contributed by atoms with Crippen LogP contribution in [0, 0.1) is 25.7 Å². The lowest BCUT2D eigenvalue weighted by molar-refractivity contribution is 0.0623. The van der Waals surface area contributed by atoms with Gasteiger partial charge in [-0.25, -0.2) is 0 Å². The molecule has 3 rings (SSSR count). The third-order valence-corrected chi connectivity index (χ3v) is 5.40. The first-order valence-corrected chi connectivity index (χ1v) is 9.82. The molecule has 2 unspecified atom stereocenters. The number of piperidine rings is 1. The molecule has 2 atom stereocenters. The SMILES string of the molecule is Cc1ccc(C(=O)N2CC(C)CC(C)C2)cc1NC(=O)c1cc(N)ccc1C.Cl. The van der Waals surface area contributed by atoms with Gasteiger partial charge in [-0.1, -0.05) is 26.0 Å². The zero-order valence-corrected chi connectivity index (χ0v) is 18.3. The second-order valence-corrected chi connectivity index (χ2v) is 8.21. The van der Waals surface area contributed by atoms with Crippen molar-refractivity contribution in [3.63, 3.8) is 0 Å². The van der Waals surface area contributed by atoms with Crippen molar-refractivity contribution in [2.24, 2.45) is 11.8 Å². The van der Waals surface area contributed by atoms with Gasteiger partial charge in [0.1, 0.15) is 0 Å². The summed E-state index contributed by atoms with van der Waals surface area (Å²) in [6.45, 7) is 9.72. The molecule has 2 amide bonds. The summed E-state index contributed by atoms with van der Waals surface area (Å²) in [6, 6.07) is 10.8.